The highest BCUT2D eigenvalue weighted by atomic mass is 16.5. The molecule has 1 aromatic carbocycles. The van der Waals surface area contributed by atoms with Crippen LogP contribution in [0.2, 0.25) is 0 Å². The summed E-state index contributed by atoms with van der Waals surface area (Å²) in [6.45, 7) is 8.23. The molecule has 0 bridgehead atoms. The molecule has 0 heterocycles. The molecule has 0 spiro atoms. The Hall–Kier alpha value is -1.02. The Balaban J connectivity index is 3.40. The molecule has 1 unspecified atom stereocenters. The number of hydrogen-bond donors (Lipinski definition) is 1. The number of methoxy groups -OCH3 is 1. The maximum atomic E-state index is 5.90. The van der Waals surface area contributed by atoms with Crippen molar-refractivity contribution < 1.29 is 4.74 Å². The Morgan fingerprint density at radius 3 is 2.21 bits per heavy atom. The molecule has 0 radical (unpaired) electrons. The highest BCUT2D eigenvalue weighted by Crippen LogP contribution is 2.30. The van der Waals surface area contributed by atoms with E-state index < -0.39 is 0 Å². The first-order chi connectivity index (χ1) is 6.49. The minimum absolute atomic E-state index is 0.0818. The van der Waals surface area contributed by atoms with Gasteiger partial charge in [-0.3, -0.25) is 0 Å². The van der Waals surface area contributed by atoms with Crippen LogP contribution < -0.4 is 10.5 Å². The molecule has 2 heteroatoms. The van der Waals surface area contributed by atoms with Gasteiger partial charge in [-0.05, 0) is 49.9 Å². The lowest BCUT2D eigenvalue weighted by Gasteiger charge is -2.17. The minimum atomic E-state index is 0.0818. The Kier molecular flexibility index (Phi) is 3.17. The average molecular weight is 193 g/mol. The first-order valence-corrected chi connectivity index (χ1v) is 4.89. The fraction of sp³-hybridized carbons (Fsp3) is 0.500. The largest absolute Gasteiger partial charge is 0.496 e. The number of hydrogen-bond acceptors (Lipinski definition) is 2. The summed E-state index contributed by atoms with van der Waals surface area (Å²) in [5, 5.41) is 0. The van der Waals surface area contributed by atoms with Gasteiger partial charge in [-0.1, -0.05) is 6.07 Å². The Morgan fingerprint density at radius 1 is 1.21 bits per heavy atom. The van der Waals surface area contributed by atoms with Crippen molar-refractivity contribution in [3.05, 3.63) is 28.3 Å². The first-order valence-electron chi connectivity index (χ1n) is 4.89. The van der Waals surface area contributed by atoms with Crippen LogP contribution in [-0.2, 0) is 0 Å². The molecule has 0 aliphatic heterocycles. The molecule has 0 aliphatic carbocycles. The monoisotopic (exact) mass is 193 g/mol. The molecule has 0 saturated carbocycles. The molecule has 0 amide bonds. The van der Waals surface area contributed by atoms with E-state index in [-0.39, 0.29) is 6.04 Å². The summed E-state index contributed by atoms with van der Waals surface area (Å²) in [6.07, 6.45) is 0. The second kappa shape index (κ2) is 4.01. The summed E-state index contributed by atoms with van der Waals surface area (Å²) in [6, 6.07) is 2.20. The number of rotatable bonds is 2. The lowest BCUT2D eigenvalue weighted by atomic mass is 9.95. The molecule has 1 atom stereocenters. The summed E-state index contributed by atoms with van der Waals surface area (Å²) in [5.41, 5.74) is 10.7. The summed E-state index contributed by atoms with van der Waals surface area (Å²) in [5.74, 6) is 0.979. The summed E-state index contributed by atoms with van der Waals surface area (Å²) >= 11 is 0. The number of benzene rings is 1. The second-order valence-corrected chi connectivity index (χ2v) is 3.85. The zero-order chi connectivity index (χ0) is 10.9. The van der Waals surface area contributed by atoms with Crippen molar-refractivity contribution in [3.8, 4) is 5.75 Å². The molecule has 0 aromatic heterocycles. The van der Waals surface area contributed by atoms with Gasteiger partial charge in [0.2, 0.25) is 0 Å². The van der Waals surface area contributed by atoms with Crippen molar-refractivity contribution >= 4 is 0 Å². The van der Waals surface area contributed by atoms with Gasteiger partial charge in [0.15, 0.2) is 0 Å². The normalized spacial score (nSPS) is 12.7. The van der Waals surface area contributed by atoms with Gasteiger partial charge in [0.1, 0.15) is 5.75 Å². The van der Waals surface area contributed by atoms with Gasteiger partial charge in [0.25, 0.3) is 0 Å². The van der Waals surface area contributed by atoms with Crippen molar-refractivity contribution in [3.63, 3.8) is 0 Å². The van der Waals surface area contributed by atoms with Gasteiger partial charge in [-0.2, -0.15) is 0 Å². The molecule has 14 heavy (non-hydrogen) atoms. The topological polar surface area (TPSA) is 35.2 Å². The van der Waals surface area contributed by atoms with Gasteiger partial charge >= 0.3 is 0 Å². The van der Waals surface area contributed by atoms with Crippen LogP contribution in [0.25, 0.3) is 0 Å². The predicted octanol–water partition coefficient (Wildman–Crippen LogP) is 2.64. The highest BCUT2D eigenvalue weighted by Gasteiger charge is 2.12. The van der Waals surface area contributed by atoms with Gasteiger partial charge in [-0.25, -0.2) is 0 Å². The zero-order valence-corrected chi connectivity index (χ0v) is 9.64. The summed E-state index contributed by atoms with van der Waals surface area (Å²) in [4.78, 5) is 0. The Bertz CT molecular complexity index is 343. The summed E-state index contributed by atoms with van der Waals surface area (Å²) in [7, 11) is 1.71. The van der Waals surface area contributed by atoms with E-state index >= 15 is 0 Å². The van der Waals surface area contributed by atoms with Gasteiger partial charge < -0.3 is 10.5 Å². The van der Waals surface area contributed by atoms with E-state index in [0.717, 1.165) is 11.3 Å². The third kappa shape index (κ3) is 1.75. The molecular formula is C12H19NO. The van der Waals surface area contributed by atoms with E-state index in [2.05, 4.69) is 26.8 Å². The first kappa shape index (κ1) is 11.1. The standard InChI is InChI=1S/C12H19NO/c1-7-6-11(10(4)13)8(2)9(3)12(7)14-5/h6,10H,13H2,1-5H3. The van der Waals surface area contributed by atoms with Crippen LogP contribution in [0.1, 0.15) is 35.2 Å². The van der Waals surface area contributed by atoms with Crippen LogP contribution in [-0.4, -0.2) is 7.11 Å². The number of ether oxygens (including phenoxy) is 1. The van der Waals surface area contributed by atoms with Crippen molar-refractivity contribution in [1.29, 1.82) is 0 Å². The van der Waals surface area contributed by atoms with Gasteiger partial charge in [0.05, 0.1) is 7.11 Å². The third-order valence-corrected chi connectivity index (χ3v) is 2.76. The van der Waals surface area contributed by atoms with Crippen LogP contribution >= 0.6 is 0 Å². The molecular weight excluding hydrogens is 174 g/mol. The zero-order valence-electron chi connectivity index (χ0n) is 9.64. The quantitative estimate of drug-likeness (QED) is 0.783. The molecule has 0 fully saturated rings. The predicted molar refractivity (Wildman–Crippen MR) is 59.8 cm³/mol. The van der Waals surface area contributed by atoms with E-state index in [0.29, 0.717) is 0 Å². The fourth-order valence-electron chi connectivity index (χ4n) is 1.88. The van der Waals surface area contributed by atoms with Crippen molar-refractivity contribution in [2.45, 2.75) is 33.7 Å². The van der Waals surface area contributed by atoms with Crippen molar-refractivity contribution in [1.82, 2.24) is 0 Å². The van der Waals surface area contributed by atoms with Crippen LogP contribution in [0.3, 0.4) is 0 Å². The molecule has 1 aromatic rings. The smallest absolute Gasteiger partial charge is 0.124 e. The van der Waals surface area contributed by atoms with Crippen molar-refractivity contribution in [2.24, 2.45) is 5.73 Å². The average Bonchev–Trinajstić information content (AvgIpc) is 2.12. The Morgan fingerprint density at radius 2 is 1.79 bits per heavy atom. The van der Waals surface area contributed by atoms with E-state index in [4.69, 9.17) is 10.5 Å². The molecule has 1 rings (SSSR count). The van der Waals surface area contributed by atoms with Crippen LogP contribution in [0.4, 0.5) is 0 Å². The second-order valence-electron chi connectivity index (χ2n) is 3.85. The highest BCUT2D eigenvalue weighted by molar-refractivity contribution is 5.49. The van der Waals surface area contributed by atoms with Crippen LogP contribution in [0, 0.1) is 20.8 Å². The number of nitrogens with two attached hydrogens (primary N) is 1. The van der Waals surface area contributed by atoms with Crippen LogP contribution in [0.5, 0.6) is 5.75 Å². The van der Waals surface area contributed by atoms with Gasteiger partial charge in [-0.15, -0.1) is 0 Å². The van der Waals surface area contributed by atoms with Gasteiger partial charge in [0, 0.05) is 6.04 Å². The van der Waals surface area contributed by atoms with E-state index in [1.165, 1.54) is 16.7 Å². The van der Waals surface area contributed by atoms with E-state index in [9.17, 15) is 0 Å². The number of aryl methyl sites for hydroxylation is 1. The van der Waals surface area contributed by atoms with Crippen molar-refractivity contribution in [2.75, 3.05) is 7.11 Å². The minimum Gasteiger partial charge on any atom is -0.496 e. The SMILES string of the molecule is COc1c(C)cc(C(C)N)c(C)c1C. The lowest BCUT2D eigenvalue weighted by Crippen LogP contribution is -2.09. The van der Waals surface area contributed by atoms with Crippen LogP contribution in [0.15, 0.2) is 6.07 Å². The fourth-order valence-corrected chi connectivity index (χ4v) is 1.88. The van der Waals surface area contributed by atoms with E-state index in [1.807, 2.05) is 6.92 Å². The molecule has 0 aliphatic rings. The molecule has 0 saturated heterocycles. The maximum absolute atomic E-state index is 5.90. The molecule has 78 valence electrons. The maximum Gasteiger partial charge on any atom is 0.124 e. The summed E-state index contributed by atoms with van der Waals surface area (Å²) < 4.78 is 5.35. The Labute approximate surface area is 86.1 Å². The molecule has 2 nitrogen and oxygen atoms in total. The lowest BCUT2D eigenvalue weighted by molar-refractivity contribution is 0.408. The molecule has 2 N–H and O–H groups in total. The van der Waals surface area contributed by atoms with E-state index in [1.54, 1.807) is 7.11 Å². The third-order valence-electron chi connectivity index (χ3n) is 2.76.